The van der Waals surface area contributed by atoms with Crippen molar-refractivity contribution in [3.8, 4) is 0 Å². The van der Waals surface area contributed by atoms with E-state index in [1.165, 1.54) is 0 Å². The van der Waals surface area contributed by atoms with Gasteiger partial charge in [-0.1, -0.05) is 24.3 Å². The molecule has 1 amide bonds. The lowest BCUT2D eigenvalue weighted by atomic mass is 9.96. The van der Waals surface area contributed by atoms with Crippen molar-refractivity contribution < 1.29 is 14.7 Å². The highest BCUT2D eigenvalue weighted by Crippen LogP contribution is 2.18. The predicted molar refractivity (Wildman–Crippen MR) is 71.8 cm³/mol. The molecule has 102 valence electrons. The SMILES string of the molecule is Cc1ccccc1CC(=O)N1CCC(C(=O)O)CC1. The summed E-state index contributed by atoms with van der Waals surface area (Å²) >= 11 is 0. The Labute approximate surface area is 113 Å². The van der Waals surface area contributed by atoms with E-state index in [2.05, 4.69) is 0 Å². The molecule has 0 aliphatic carbocycles. The van der Waals surface area contributed by atoms with Crippen molar-refractivity contribution in [3.05, 3.63) is 35.4 Å². The maximum atomic E-state index is 12.2. The number of nitrogens with zero attached hydrogens (tertiary/aromatic N) is 1. The van der Waals surface area contributed by atoms with Crippen LogP contribution in [-0.2, 0) is 16.0 Å². The summed E-state index contributed by atoms with van der Waals surface area (Å²) in [6, 6.07) is 7.87. The van der Waals surface area contributed by atoms with Gasteiger partial charge in [0, 0.05) is 13.1 Å². The van der Waals surface area contributed by atoms with Gasteiger partial charge in [0.1, 0.15) is 0 Å². The van der Waals surface area contributed by atoms with Gasteiger partial charge in [-0.15, -0.1) is 0 Å². The van der Waals surface area contributed by atoms with Crippen LogP contribution in [0.4, 0.5) is 0 Å². The smallest absolute Gasteiger partial charge is 0.306 e. The van der Waals surface area contributed by atoms with Crippen LogP contribution in [0.2, 0.25) is 0 Å². The molecule has 4 heteroatoms. The molecule has 1 N–H and O–H groups in total. The fraction of sp³-hybridized carbons (Fsp3) is 0.467. The van der Waals surface area contributed by atoms with E-state index in [9.17, 15) is 9.59 Å². The van der Waals surface area contributed by atoms with Gasteiger partial charge < -0.3 is 10.0 Å². The monoisotopic (exact) mass is 261 g/mol. The van der Waals surface area contributed by atoms with Crippen LogP contribution in [0.1, 0.15) is 24.0 Å². The molecule has 1 aromatic carbocycles. The molecule has 1 heterocycles. The Bertz CT molecular complexity index is 476. The highest BCUT2D eigenvalue weighted by molar-refractivity contribution is 5.79. The minimum absolute atomic E-state index is 0.0955. The molecule has 0 saturated carbocycles. The summed E-state index contributed by atoms with van der Waals surface area (Å²) < 4.78 is 0. The number of carboxylic acid groups (broad SMARTS) is 1. The average Bonchev–Trinajstić information content (AvgIpc) is 2.41. The molecule has 2 rings (SSSR count). The van der Waals surface area contributed by atoms with E-state index < -0.39 is 5.97 Å². The summed E-state index contributed by atoms with van der Waals surface area (Å²) in [6.45, 7) is 3.11. The Morgan fingerprint density at radius 2 is 1.89 bits per heavy atom. The van der Waals surface area contributed by atoms with Gasteiger partial charge in [-0.25, -0.2) is 0 Å². The summed E-state index contributed by atoms with van der Waals surface area (Å²) in [6.07, 6.45) is 1.54. The number of amides is 1. The van der Waals surface area contributed by atoms with Crippen LogP contribution in [0.3, 0.4) is 0 Å². The van der Waals surface area contributed by atoms with Gasteiger partial charge in [-0.05, 0) is 30.9 Å². The van der Waals surface area contributed by atoms with E-state index in [-0.39, 0.29) is 11.8 Å². The van der Waals surface area contributed by atoms with E-state index in [1.807, 2.05) is 31.2 Å². The molecule has 19 heavy (non-hydrogen) atoms. The van der Waals surface area contributed by atoms with Crippen molar-refractivity contribution in [3.63, 3.8) is 0 Å². The zero-order valence-corrected chi connectivity index (χ0v) is 11.1. The number of carbonyl (C=O) groups excluding carboxylic acids is 1. The minimum Gasteiger partial charge on any atom is -0.481 e. The zero-order valence-electron chi connectivity index (χ0n) is 11.1. The largest absolute Gasteiger partial charge is 0.481 e. The molecule has 1 aliphatic heterocycles. The maximum absolute atomic E-state index is 12.2. The Balaban J connectivity index is 1.92. The lowest BCUT2D eigenvalue weighted by Gasteiger charge is -2.30. The van der Waals surface area contributed by atoms with E-state index in [0.717, 1.165) is 11.1 Å². The molecule has 0 spiro atoms. The summed E-state index contributed by atoms with van der Waals surface area (Å²) in [5.74, 6) is -0.938. The van der Waals surface area contributed by atoms with E-state index >= 15 is 0 Å². The number of piperidine rings is 1. The molecule has 1 aliphatic rings. The Hall–Kier alpha value is -1.84. The van der Waals surface area contributed by atoms with Crippen molar-refractivity contribution in [1.29, 1.82) is 0 Å². The van der Waals surface area contributed by atoms with Crippen molar-refractivity contribution in [2.45, 2.75) is 26.2 Å². The van der Waals surface area contributed by atoms with Crippen LogP contribution in [0.5, 0.6) is 0 Å². The molecule has 1 saturated heterocycles. The van der Waals surface area contributed by atoms with E-state index in [4.69, 9.17) is 5.11 Å². The first kappa shape index (κ1) is 13.6. The molecular formula is C15H19NO3. The number of carboxylic acids is 1. The molecule has 1 fully saturated rings. The van der Waals surface area contributed by atoms with Gasteiger partial charge in [0.25, 0.3) is 0 Å². The van der Waals surface area contributed by atoms with Crippen LogP contribution in [-0.4, -0.2) is 35.0 Å². The van der Waals surface area contributed by atoms with Gasteiger partial charge in [-0.2, -0.15) is 0 Å². The zero-order chi connectivity index (χ0) is 13.8. The van der Waals surface area contributed by atoms with Gasteiger partial charge in [-0.3, -0.25) is 9.59 Å². The van der Waals surface area contributed by atoms with Crippen LogP contribution in [0.25, 0.3) is 0 Å². The first-order chi connectivity index (χ1) is 9.08. The van der Waals surface area contributed by atoms with Crippen LogP contribution >= 0.6 is 0 Å². The standard InChI is InChI=1S/C15H19NO3/c1-11-4-2-3-5-13(11)10-14(17)16-8-6-12(7-9-16)15(18)19/h2-5,12H,6-10H2,1H3,(H,18,19). The first-order valence-corrected chi connectivity index (χ1v) is 6.63. The highest BCUT2D eigenvalue weighted by atomic mass is 16.4. The van der Waals surface area contributed by atoms with Gasteiger partial charge in [0.05, 0.1) is 12.3 Å². The number of hydrogen-bond donors (Lipinski definition) is 1. The Morgan fingerprint density at radius 3 is 2.47 bits per heavy atom. The lowest BCUT2D eigenvalue weighted by molar-refractivity contribution is -0.145. The first-order valence-electron chi connectivity index (χ1n) is 6.63. The second-order valence-corrected chi connectivity index (χ2v) is 5.10. The summed E-state index contributed by atoms with van der Waals surface area (Å²) in [5.41, 5.74) is 2.17. The molecule has 0 aromatic heterocycles. The van der Waals surface area contributed by atoms with Crippen molar-refractivity contribution in [2.75, 3.05) is 13.1 Å². The number of hydrogen-bond acceptors (Lipinski definition) is 2. The number of aryl methyl sites for hydroxylation is 1. The molecule has 0 bridgehead atoms. The fourth-order valence-corrected chi connectivity index (χ4v) is 2.46. The number of likely N-dealkylation sites (tertiary alicyclic amines) is 1. The third-order valence-corrected chi connectivity index (χ3v) is 3.80. The van der Waals surface area contributed by atoms with Crippen molar-refractivity contribution in [2.24, 2.45) is 5.92 Å². The van der Waals surface area contributed by atoms with Crippen LogP contribution < -0.4 is 0 Å². The number of benzene rings is 1. The number of carbonyl (C=O) groups is 2. The topological polar surface area (TPSA) is 57.6 Å². The van der Waals surface area contributed by atoms with E-state index in [1.54, 1.807) is 4.90 Å². The second-order valence-electron chi connectivity index (χ2n) is 5.10. The fourth-order valence-electron chi connectivity index (χ4n) is 2.46. The highest BCUT2D eigenvalue weighted by Gasteiger charge is 2.26. The lowest BCUT2D eigenvalue weighted by Crippen LogP contribution is -2.41. The summed E-state index contributed by atoms with van der Waals surface area (Å²) in [7, 11) is 0. The van der Waals surface area contributed by atoms with Gasteiger partial charge in [0.2, 0.25) is 5.91 Å². The third-order valence-electron chi connectivity index (χ3n) is 3.80. The Kier molecular flexibility index (Phi) is 4.20. The summed E-state index contributed by atoms with van der Waals surface area (Å²) in [5, 5.41) is 8.93. The Morgan fingerprint density at radius 1 is 1.26 bits per heavy atom. The van der Waals surface area contributed by atoms with Gasteiger partial charge in [0.15, 0.2) is 0 Å². The number of aliphatic carboxylic acids is 1. The molecular weight excluding hydrogens is 242 g/mol. The van der Waals surface area contributed by atoms with Crippen molar-refractivity contribution >= 4 is 11.9 Å². The number of rotatable bonds is 3. The predicted octanol–water partition coefficient (Wildman–Crippen LogP) is 1.86. The van der Waals surface area contributed by atoms with E-state index in [0.29, 0.717) is 32.4 Å². The normalized spacial score (nSPS) is 16.4. The molecule has 0 unspecified atom stereocenters. The minimum atomic E-state index is -0.744. The molecule has 1 aromatic rings. The third kappa shape index (κ3) is 3.34. The molecule has 0 atom stereocenters. The van der Waals surface area contributed by atoms with Gasteiger partial charge >= 0.3 is 5.97 Å². The summed E-state index contributed by atoms with van der Waals surface area (Å²) in [4.78, 5) is 24.8. The van der Waals surface area contributed by atoms with Crippen LogP contribution in [0, 0.1) is 12.8 Å². The van der Waals surface area contributed by atoms with Crippen LogP contribution in [0.15, 0.2) is 24.3 Å². The quantitative estimate of drug-likeness (QED) is 0.903. The van der Waals surface area contributed by atoms with Crippen molar-refractivity contribution in [1.82, 2.24) is 4.90 Å². The molecule has 0 radical (unpaired) electrons. The molecule has 4 nitrogen and oxygen atoms in total. The maximum Gasteiger partial charge on any atom is 0.306 e. The second kappa shape index (κ2) is 5.87. The average molecular weight is 261 g/mol.